The van der Waals surface area contributed by atoms with Crippen LogP contribution in [0.5, 0.6) is 0 Å². The molecular weight excluding hydrogens is 389 g/mol. The summed E-state index contributed by atoms with van der Waals surface area (Å²) in [4.78, 5) is 12.1. The van der Waals surface area contributed by atoms with E-state index in [9.17, 15) is 0 Å². The summed E-state index contributed by atoms with van der Waals surface area (Å²) in [7, 11) is 0. The highest BCUT2D eigenvalue weighted by molar-refractivity contribution is 6.87. The topological polar surface area (TPSA) is 28.5 Å². The Bertz CT molecular complexity index is 1210. The summed E-state index contributed by atoms with van der Waals surface area (Å²) >= 11 is 0. The van der Waals surface area contributed by atoms with Crippen LogP contribution in [0.3, 0.4) is 0 Å². The summed E-state index contributed by atoms with van der Waals surface area (Å²) < 4.78 is 0. The predicted molar refractivity (Wildman–Crippen MR) is 137 cm³/mol. The van der Waals surface area contributed by atoms with Gasteiger partial charge in [-0.1, -0.05) is 76.2 Å². The molecule has 3 nitrogen and oxygen atoms in total. The Labute approximate surface area is 191 Å². The van der Waals surface area contributed by atoms with Gasteiger partial charge in [0.05, 0.1) is 11.4 Å². The Kier molecular flexibility index (Phi) is 5.30. The largest absolute Gasteiger partial charge is 0.368 e. The number of hydrogen-bond donors (Lipinski definition) is 0. The van der Waals surface area contributed by atoms with Crippen molar-refractivity contribution >= 4 is 29.3 Å². The van der Waals surface area contributed by atoms with E-state index in [2.05, 4.69) is 104 Å². The van der Waals surface area contributed by atoms with E-state index in [4.69, 9.17) is 4.99 Å². The molecule has 0 atom stereocenters. The van der Waals surface area contributed by atoms with Crippen molar-refractivity contribution in [2.45, 2.75) is 39.5 Å². The van der Waals surface area contributed by atoms with Crippen molar-refractivity contribution in [1.29, 1.82) is 0 Å². The number of amidine groups is 1. The first-order valence-electron chi connectivity index (χ1n) is 11.4. The van der Waals surface area contributed by atoms with Gasteiger partial charge in [0, 0.05) is 11.8 Å². The van der Waals surface area contributed by atoms with Gasteiger partial charge in [-0.05, 0) is 64.4 Å². The minimum atomic E-state index is 0.0679. The molecule has 0 N–H and O–H groups in total. The molecule has 0 spiro atoms. The minimum absolute atomic E-state index is 0.0679. The summed E-state index contributed by atoms with van der Waals surface area (Å²) in [6, 6.07) is 19.4. The number of allylic oxidation sites excluding steroid dienone is 2. The number of pyridine rings is 1. The number of nitrogens with zero attached hydrogens (tertiary/aromatic N) is 3. The molecule has 0 amide bonds. The maximum Gasteiger partial charge on any atom is 0.331 e. The number of rotatable bonds is 4. The maximum atomic E-state index is 5.13. The van der Waals surface area contributed by atoms with Crippen molar-refractivity contribution in [2.24, 2.45) is 4.99 Å². The highest BCUT2D eigenvalue weighted by Gasteiger charge is 2.38. The van der Waals surface area contributed by atoms with Crippen LogP contribution >= 0.6 is 0 Å². The molecule has 32 heavy (non-hydrogen) atoms. The zero-order valence-electron chi connectivity index (χ0n) is 19.2. The maximum absolute atomic E-state index is 5.13. The fraction of sp³-hybridized carbons (Fsp3) is 0.214. The fourth-order valence-electron chi connectivity index (χ4n) is 4.88. The normalized spacial score (nSPS) is 14.6. The Morgan fingerprint density at radius 2 is 1.56 bits per heavy atom. The van der Waals surface area contributed by atoms with E-state index >= 15 is 0 Å². The standard InChI is InChI=1S/C28H28BN3/c1-19(2)21-11-9-12-22(20(3)4)27(21)29-24-14-10-13-23(25-15-5-7-17-30-25)28(24)31-26-16-6-8-18-32(26)29/h5-20H,1-4H3. The van der Waals surface area contributed by atoms with Crippen LogP contribution in [0, 0.1) is 0 Å². The van der Waals surface area contributed by atoms with Crippen molar-refractivity contribution in [3.8, 4) is 11.3 Å². The molecule has 0 radical (unpaired) electrons. The van der Waals surface area contributed by atoms with Crippen LogP contribution in [0.4, 0.5) is 5.69 Å². The zero-order valence-corrected chi connectivity index (χ0v) is 19.2. The quantitative estimate of drug-likeness (QED) is 0.522. The van der Waals surface area contributed by atoms with Crippen molar-refractivity contribution < 1.29 is 0 Å². The molecule has 4 heteroatoms. The average molecular weight is 417 g/mol. The lowest BCUT2D eigenvalue weighted by atomic mass is 9.44. The van der Waals surface area contributed by atoms with Gasteiger partial charge in [-0.25, -0.2) is 4.99 Å². The molecule has 0 aliphatic carbocycles. The van der Waals surface area contributed by atoms with Crippen LogP contribution in [0.1, 0.15) is 50.7 Å². The first-order chi connectivity index (χ1) is 15.6. The molecule has 5 rings (SSSR count). The molecule has 0 unspecified atom stereocenters. The van der Waals surface area contributed by atoms with Crippen LogP contribution in [-0.4, -0.2) is 22.5 Å². The van der Waals surface area contributed by atoms with Crippen LogP contribution < -0.4 is 10.9 Å². The van der Waals surface area contributed by atoms with Gasteiger partial charge in [0.25, 0.3) is 0 Å². The number of benzene rings is 2. The Morgan fingerprint density at radius 1 is 0.812 bits per heavy atom. The molecule has 2 aliphatic heterocycles. The molecule has 0 fully saturated rings. The van der Waals surface area contributed by atoms with E-state index in [0.29, 0.717) is 11.8 Å². The second-order valence-corrected chi connectivity index (χ2v) is 9.10. The van der Waals surface area contributed by atoms with E-state index < -0.39 is 0 Å². The van der Waals surface area contributed by atoms with E-state index in [1.165, 1.54) is 22.1 Å². The molecule has 3 heterocycles. The third kappa shape index (κ3) is 3.40. The van der Waals surface area contributed by atoms with E-state index in [1.807, 2.05) is 18.3 Å². The molecule has 158 valence electrons. The first kappa shape index (κ1) is 20.5. The summed E-state index contributed by atoms with van der Waals surface area (Å²) in [5.74, 6) is 1.83. The number of hydrogen-bond acceptors (Lipinski definition) is 3. The third-order valence-electron chi connectivity index (χ3n) is 6.37. The fourth-order valence-corrected chi connectivity index (χ4v) is 4.88. The zero-order chi connectivity index (χ0) is 22.2. The lowest BCUT2D eigenvalue weighted by molar-refractivity contribution is 0.827. The molecular formula is C28H28BN3. The van der Waals surface area contributed by atoms with Gasteiger partial charge in [0.1, 0.15) is 5.84 Å². The van der Waals surface area contributed by atoms with Gasteiger partial charge in [-0.3, -0.25) is 4.98 Å². The number of fused-ring (bicyclic) bond motifs is 2. The van der Waals surface area contributed by atoms with Crippen molar-refractivity contribution in [3.63, 3.8) is 0 Å². The van der Waals surface area contributed by atoms with Gasteiger partial charge in [-0.15, -0.1) is 0 Å². The number of para-hydroxylation sites is 1. The average Bonchev–Trinajstić information content (AvgIpc) is 2.82. The van der Waals surface area contributed by atoms with Crippen LogP contribution in [0.15, 0.2) is 90.2 Å². The van der Waals surface area contributed by atoms with Gasteiger partial charge in [-0.2, -0.15) is 0 Å². The number of aromatic nitrogens is 1. The van der Waals surface area contributed by atoms with Crippen LogP contribution in [-0.2, 0) is 0 Å². The highest BCUT2D eigenvalue weighted by atomic mass is 15.1. The lowest BCUT2D eigenvalue weighted by Gasteiger charge is -2.37. The smallest absolute Gasteiger partial charge is 0.331 e. The summed E-state index contributed by atoms with van der Waals surface area (Å²) in [6.45, 7) is 9.23. The summed E-state index contributed by atoms with van der Waals surface area (Å²) in [5, 5.41) is 0. The Morgan fingerprint density at radius 3 is 2.25 bits per heavy atom. The van der Waals surface area contributed by atoms with Crippen molar-refractivity contribution in [2.75, 3.05) is 0 Å². The minimum Gasteiger partial charge on any atom is -0.368 e. The van der Waals surface area contributed by atoms with Gasteiger partial charge in [0.2, 0.25) is 0 Å². The van der Waals surface area contributed by atoms with E-state index in [1.54, 1.807) is 0 Å². The SMILES string of the molecule is CC(C)c1cccc(C(C)C)c1B1c2cccc(-c3ccccn3)c2N=C2C=CC=CN12. The van der Waals surface area contributed by atoms with Gasteiger partial charge >= 0.3 is 6.85 Å². The molecule has 0 saturated carbocycles. The number of aliphatic imine (C=N–C) groups is 1. The molecule has 2 aromatic carbocycles. The van der Waals surface area contributed by atoms with Crippen molar-refractivity contribution in [3.05, 3.63) is 96.3 Å². The van der Waals surface area contributed by atoms with E-state index in [-0.39, 0.29) is 6.85 Å². The summed E-state index contributed by atoms with van der Waals surface area (Å²) in [5.41, 5.74) is 8.50. The van der Waals surface area contributed by atoms with Gasteiger partial charge < -0.3 is 4.81 Å². The summed E-state index contributed by atoms with van der Waals surface area (Å²) in [6.07, 6.45) is 10.3. The Balaban J connectivity index is 1.82. The highest BCUT2D eigenvalue weighted by Crippen LogP contribution is 2.33. The first-order valence-corrected chi connectivity index (χ1v) is 11.4. The molecule has 1 aromatic heterocycles. The van der Waals surface area contributed by atoms with Crippen molar-refractivity contribution in [1.82, 2.24) is 9.79 Å². The monoisotopic (exact) mass is 417 g/mol. The predicted octanol–water partition coefficient (Wildman–Crippen LogP) is 5.53. The Hall–Kier alpha value is -3.40. The van der Waals surface area contributed by atoms with Crippen LogP contribution in [0.25, 0.3) is 11.3 Å². The second kappa shape index (κ2) is 8.27. The van der Waals surface area contributed by atoms with E-state index in [0.717, 1.165) is 22.8 Å². The molecule has 0 bridgehead atoms. The third-order valence-corrected chi connectivity index (χ3v) is 6.37. The molecule has 0 saturated heterocycles. The molecule has 3 aromatic rings. The van der Waals surface area contributed by atoms with Crippen LogP contribution in [0.2, 0.25) is 0 Å². The molecule has 2 aliphatic rings. The lowest BCUT2D eigenvalue weighted by Crippen LogP contribution is -2.60. The van der Waals surface area contributed by atoms with Gasteiger partial charge in [0.15, 0.2) is 0 Å². The second-order valence-electron chi connectivity index (χ2n) is 9.10.